The van der Waals surface area contributed by atoms with Gasteiger partial charge in [-0.15, -0.1) is 0 Å². The molecule has 1 heterocycles. The average Bonchev–Trinajstić information content (AvgIpc) is 2.73. The van der Waals surface area contributed by atoms with Gasteiger partial charge in [-0.25, -0.2) is 0 Å². The first-order valence-corrected chi connectivity index (χ1v) is 7.45. The van der Waals surface area contributed by atoms with Gasteiger partial charge in [-0.1, -0.05) is 13.8 Å². The number of thioether (sulfide) groups is 1. The minimum atomic E-state index is 1.00. The van der Waals surface area contributed by atoms with Crippen molar-refractivity contribution in [3.8, 4) is 0 Å². The molecule has 0 aliphatic carbocycles. The molecule has 2 nitrogen and oxygen atoms in total. The van der Waals surface area contributed by atoms with Gasteiger partial charge in [0.1, 0.15) is 0 Å². The van der Waals surface area contributed by atoms with E-state index in [9.17, 15) is 0 Å². The highest BCUT2D eigenvalue weighted by Gasteiger charge is 1.96. The molecule has 0 amide bonds. The highest BCUT2D eigenvalue weighted by Crippen LogP contribution is 2.05. The molecule has 0 bridgehead atoms. The van der Waals surface area contributed by atoms with Crippen molar-refractivity contribution in [3.05, 3.63) is 24.0 Å². The molecule has 1 N–H and O–H groups in total. The highest BCUT2D eigenvalue weighted by atomic mass is 32.2. The normalized spacial score (nSPS) is 10.9. The van der Waals surface area contributed by atoms with Gasteiger partial charge in [0.15, 0.2) is 0 Å². The summed E-state index contributed by atoms with van der Waals surface area (Å²) >= 11 is 2.03. The first-order valence-electron chi connectivity index (χ1n) is 6.30. The fourth-order valence-corrected chi connectivity index (χ4v) is 2.26. The summed E-state index contributed by atoms with van der Waals surface area (Å²) in [4.78, 5) is 0. The van der Waals surface area contributed by atoms with E-state index in [0.717, 1.165) is 19.6 Å². The van der Waals surface area contributed by atoms with Crippen LogP contribution in [-0.2, 0) is 13.1 Å². The second kappa shape index (κ2) is 8.71. The van der Waals surface area contributed by atoms with Gasteiger partial charge in [0.25, 0.3) is 0 Å². The largest absolute Gasteiger partial charge is 0.354 e. The Bertz CT molecular complexity index is 271. The molecule has 0 fully saturated rings. The number of hydrogen-bond acceptors (Lipinski definition) is 2. The van der Waals surface area contributed by atoms with Gasteiger partial charge in [-0.2, -0.15) is 11.8 Å². The van der Waals surface area contributed by atoms with Gasteiger partial charge in [0.2, 0.25) is 0 Å². The molecular weight excluding hydrogens is 216 g/mol. The third kappa shape index (κ3) is 5.61. The van der Waals surface area contributed by atoms with Crippen LogP contribution in [0.2, 0.25) is 0 Å². The summed E-state index contributed by atoms with van der Waals surface area (Å²) in [6.45, 7) is 7.69. The van der Waals surface area contributed by atoms with Crippen molar-refractivity contribution in [2.24, 2.45) is 0 Å². The molecule has 16 heavy (non-hydrogen) atoms. The fraction of sp³-hybridized carbons (Fsp3) is 0.692. The minimum absolute atomic E-state index is 1.00. The Morgan fingerprint density at radius 2 is 2.25 bits per heavy atom. The van der Waals surface area contributed by atoms with Crippen molar-refractivity contribution in [3.63, 3.8) is 0 Å². The van der Waals surface area contributed by atoms with Crippen LogP contribution in [0.15, 0.2) is 18.5 Å². The summed E-state index contributed by atoms with van der Waals surface area (Å²) in [7, 11) is 0. The van der Waals surface area contributed by atoms with Gasteiger partial charge < -0.3 is 9.88 Å². The maximum absolute atomic E-state index is 3.42. The molecule has 0 saturated carbocycles. The van der Waals surface area contributed by atoms with Crippen LogP contribution in [0.4, 0.5) is 0 Å². The van der Waals surface area contributed by atoms with Gasteiger partial charge in [-0.05, 0) is 42.5 Å². The van der Waals surface area contributed by atoms with Crippen LogP contribution in [0.3, 0.4) is 0 Å². The summed E-state index contributed by atoms with van der Waals surface area (Å²) in [5.74, 6) is 2.51. The molecule has 0 unspecified atom stereocenters. The fourth-order valence-electron chi connectivity index (χ4n) is 1.64. The zero-order valence-corrected chi connectivity index (χ0v) is 11.4. The number of nitrogens with zero attached hydrogens (tertiary/aromatic N) is 1. The standard InChI is InChI=1S/C13H24N2S/c1-3-7-14-11-13-6-9-15(12-13)8-5-10-16-4-2/h6,9,12,14H,3-5,7-8,10-11H2,1-2H3. The Labute approximate surface area is 104 Å². The van der Waals surface area contributed by atoms with Crippen molar-refractivity contribution in [2.45, 2.75) is 39.8 Å². The van der Waals surface area contributed by atoms with E-state index in [1.807, 2.05) is 11.8 Å². The van der Waals surface area contributed by atoms with E-state index in [2.05, 4.69) is 42.2 Å². The lowest BCUT2D eigenvalue weighted by molar-refractivity contribution is 0.663. The lowest BCUT2D eigenvalue weighted by atomic mass is 10.3. The number of aromatic nitrogens is 1. The molecule has 0 spiro atoms. The van der Waals surface area contributed by atoms with Crippen molar-refractivity contribution in [2.75, 3.05) is 18.1 Å². The molecule has 1 aromatic rings. The molecule has 0 aromatic carbocycles. The number of aryl methyl sites for hydroxylation is 1. The summed E-state index contributed by atoms with van der Waals surface area (Å²) in [5.41, 5.74) is 1.40. The molecule has 0 aliphatic heterocycles. The van der Waals surface area contributed by atoms with E-state index in [1.165, 1.54) is 29.9 Å². The second-order valence-electron chi connectivity index (χ2n) is 3.98. The average molecular weight is 240 g/mol. The molecule has 0 atom stereocenters. The van der Waals surface area contributed by atoms with E-state index in [-0.39, 0.29) is 0 Å². The molecule has 92 valence electrons. The molecule has 1 rings (SSSR count). The molecule has 0 radical (unpaired) electrons. The Kier molecular flexibility index (Phi) is 7.43. The van der Waals surface area contributed by atoms with Crippen LogP contribution in [0, 0.1) is 0 Å². The predicted octanol–water partition coefficient (Wildman–Crippen LogP) is 3.13. The van der Waals surface area contributed by atoms with Crippen LogP contribution in [0.1, 0.15) is 32.3 Å². The topological polar surface area (TPSA) is 17.0 Å². The summed E-state index contributed by atoms with van der Waals surface area (Å²) < 4.78 is 2.30. The van der Waals surface area contributed by atoms with Gasteiger partial charge >= 0.3 is 0 Å². The number of rotatable bonds is 9. The van der Waals surface area contributed by atoms with E-state index in [0.29, 0.717) is 0 Å². The monoisotopic (exact) mass is 240 g/mol. The van der Waals surface area contributed by atoms with Crippen LogP contribution >= 0.6 is 11.8 Å². The third-order valence-electron chi connectivity index (χ3n) is 2.48. The SMILES string of the molecule is CCCNCc1ccn(CCCSCC)c1. The first-order chi connectivity index (χ1) is 7.86. The van der Waals surface area contributed by atoms with E-state index in [4.69, 9.17) is 0 Å². The predicted molar refractivity (Wildman–Crippen MR) is 74.0 cm³/mol. The maximum Gasteiger partial charge on any atom is 0.0227 e. The smallest absolute Gasteiger partial charge is 0.0227 e. The lowest BCUT2D eigenvalue weighted by Gasteiger charge is -2.02. The number of nitrogens with one attached hydrogen (secondary N) is 1. The Balaban J connectivity index is 2.17. The van der Waals surface area contributed by atoms with E-state index >= 15 is 0 Å². The van der Waals surface area contributed by atoms with Gasteiger partial charge in [0.05, 0.1) is 0 Å². The first kappa shape index (κ1) is 13.7. The summed E-state index contributed by atoms with van der Waals surface area (Å²) in [6.07, 6.45) is 6.93. The third-order valence-corrected chi connectivity index (χ3v) is 3.46. The zero-order chi connectivity index (χ0) is 11.6. The molecule has 1 aromatic heterocycles. The second-order valence-corrected chi connectivity index (χ2v) is 5.38. The quantitative estimate of drug-likeness (QED) is 0.668. The van der Waals surface area contributed by atoms with Crippen LogP contribution < -0.4 is 5.32 Å². The summed E-state index contributed by atoms with van der Waals surface area (Å²) in [5, 5.41) is 3.42. The van der Waals surface area contributed by atoms with Crippen molar-refractivity contribution in [1.82, 2.24) is 9.88 Å². The van der Waals surface area contributed by atoms with Crippen molar-refractivity contribution in [1.29, 1.82) is 0 Å². The Morgan fingerprint density at radius 3 is 3.00 bits per heavy atom. The van der Waals surface area contributed by atoms with Gasteiger partial charge in [0, 0.05) is 25.5 Å². The van der Waals surface area contributed by atoms with Gasteiger partial charge in [-0.3, -0.25) is 0 Å². The van der Waals surface area contributed by atoms with E-state index < -0.39 is 0 Å². The number of hydrogen-bond donors (Lipinski definition) is 1. The lowest BCUT2D eigenvalue weighted by Crippen LogP contribution is -2.13. The van der Waals surface area contributed by atoms with E-state index in [1.54, 1.807) is 0 Å². The summed E-state index contributed by atoms with van der Waals surface area (Å²) in [6, 6.07) is 2.22. The zero-order valence-electron chi connectivity index (χ0n) is 10.5. The Hall–Kier alpha value is -0.410. The van der Waals surface area contributed by atoms with Crippen LogP contribution in [0.25, 0.3) is 0 Å². The van der Waals surface area contributed by atoms with Crippen LogP contribution in [0.5, 0.6) is 0 Å². The van der Waals surface area contributed by atoms with Crippen molar-refractivity contribution >= 4 is 11.8 Å². The molecule has 0 saturated heterocycles. The minimum Gasteiger partial charge on any atom is -0.354 e. The Morgan fingerprint density at radius 1 is 1.38 bits per heavy atom. The molecular formula is C13H24N2S. The maximum atomic E-state index is 3.42. The van der Waals surface area contributed by atoms with Crippen LogP contribution in [-0.4, -0.2) is 22.6 Å². The van der Waals surface area contributed by atoms with Crippen molar-refractivity contribution < 1.29 is 0 Å². The highest BCUT2D eigenvalue weighted by molar-refractivity contribution is 7.99. The molecule has 3 heteroatoms. The molecule has 0 aliphatic rings.